The maximum atomic E-state index is 12.7. The standard InChI is InChI=1S/C17H25N5O3.2ClH/c18-14(12-3-10-25-11-4-12)17(24)22-8-6-21(7-9-22)16-13(15(19)23)2-1-5-20-16;;/h1-2,5,12,14H,3-4,6-11,18H2,(H2,19,23);2*1H. The number of hydrogen-bond acceptors (Lipinski definition) is 6. The highest BCUT2D eigenvalue weighted by Crippen LogP contribution is 2.21. The van der Waals surface area contributed by atoms with Gasteiger partial charge in [0.25, 0.3) is 5.91 Å². The van der Waals surface area contributed by atoms with Crippen molar-refractivity contribution in [2.45, 2.75) is 18.9 Å². The molecule has 1 unspecified atom stereocenters. The van der Waals surface area contributed by atoms with Crippen LogP contribution in [0.4, 0.5) is 5.82 Å². The van der Waals surface area contributed by atoms with Crippen LogP contribution in [0.15, 0.2) is 18.3 Å². The number of aromatic nitrogens is 1. The molecule has 1 aromatic rings. The third-order valence-corrected chi connectivity index (χ3v) is 5.00. The van der Waals surface area contributed by atoms with E-state index in [9.17, 15) is 9.59 Å². The average Bonchev–Trinajstić information content (AvgIpc) is 2.67. The Hall–Kier alpha value is -1.61. The third kappa shape index (κ3) is 5.44. The summed E-state index contributed by atoms with van der Waals surface area (Å²) in [6.45, 7) is 3.67. The summed E-state index contributed by atoms with van der Waals surface area (Å²) in [4.78, 5) is 32.3. The number of nitrogens with two attached hydrogens (primary N) is 2. The lowest BCUT2D eigenvalue weighted by Crippen LogP contribution is -2.55. The van der Waals surface area contributed by atoms with Crippen LogP contribution in [0.5, 0.6) is 0 Å². The van der Waals surface area contributed by atoms with E-state index in [4.69, 9.17) is 16.2 Å². The van der Waals surface area contributed by atoms with E-state index in [-0.39, 0.29) is 36.6 Å². The molecule has 3 heterocycles. The summed E-state index contributed by atoms with van der Waals surface area (Å²) >= 11 is 0. The molecule has 27 heavy (non-hydrogen) atoms. The van der Waals surface area contributed by atoms with Crippen molar-refractivity contribution in [2.24, 2.45) is 17.4 Å². The van der Waals surface area contributed by atoms with E-state index in [1.807, 2.05) is 9.80 Å². The maximum absolute atomic E-state index is 12.7. The molecule has 0 bridgehead atoms. The van der Waals surface area contributed by atoms with Gasteiger partial charge in [0.1, 0.15) is 5.82 Å². The van der Waals surface area contributed by atoms with Crippen LogP contribution in [0.25, 0.3) is 0 Å². The summed E-state index contributed by atoms with van der Waals surface area (Å²) in [7, 11) is 0. The van der Waals surface area contributed by atoms with Gasteiger partial charge in [-0.25, -0.2) is 4.98 Å². The number of anilines is 1. The van der Waals surface area contributed by atoms with Gasteiger partial charge in [-0.2, -0.15) is 0 Å². The quantitative estimate of drug-likeness (QED) is 0.730. The maximum Gasteiger partial charge on any atom is 0.252 e. The number of hydrogen-bond donors (Lipinski definition) is 2. The number of nitrogens with zero attached hydrogens (tertiary/aromatic N) is 3. The zero-order chi connectivity index (χ0) is 17.8. The summed E-state index contributed by atoms with van der Waals surface area (Å²) in [6.07, 6.45) is 3.31. The number of rotatable bonds is 4. The minimum atomic E-state index is -0.497. The molecule has 2 saturated heterocycles. The van der Waals surface area contributed by atoms with Gasteiger partial charge in [0.05, 0.1) is 11.6 Å². The van der Waals surface area contributed by atoms with Gasteiger partial charge < -0.3 is 26.0 Å². The molecule has 0 saturated carbocycles. The van der Waals surface area contributed by atoms with Crippen LogP contribution in [-0.4, -0.2) is 67.1 Å². The van der Waals surface area contributed by atoms with Crippen molar-refractivity contribution >= 4 is 42.4 Å². The Balaban J connectivity index is 0.00000182. The first-order chi connectivity index (χ1) is 12.1. The highest BCUT2D eigenvalue weighted by Gasteiger charge is 2.32. The van der Waals surface area contributed by atoms with E-state index in [0.29, 0.717) is 50.8 Å². The van der Waals surface area contributed by atoms with Crippen molar-refractivity contribution in [3.05, 3.63) is 23.9 Å². The van der Waals surface area contributed by atoms with Crippen LogP contribution >= 0.6 is 24.8 Å². The first kappa shape index (κ1) is 23.4. The normalized spacial score (nSPS) is 18.9. The number of primary amides is 1. The molecule has 2 fully saturated rings. The topological polar surface area (TPSA) is 115 Å². The largest absolute Gasteiger partial charge is 0.381 e. The Morgan fingerprint density at radius 1 is 1.15 bits per heavy atom. The third-order valence-electron chi connectivity index (χ3n) is 5.00. The molecule has 0 aromatic carbocycles. The van der Waals surface area contributed by atoms with Gasteiger partial charge in [-0.15, -0.1) is 24.8 Å². The fourth-order valence-corrected chi connectivity index (χ4v) is 3.47. The van der Waals surface area contributed by atoms with E-state index >= 15 is 0 Å². The highest BCUT2D eigenvalue weighted by atomic mass is 35.5. The van der Waals surface area contributed by atoms with Gasteiger partial charge in [0, 0.05) is 45.6 Å². The number of piperazine rings is 1. The Bertz CT molecular complexity index is 635. The molecule has 152 valence electrons. The Kier molecular flexibility index (Phi) is 9.25. The number of halogens is 2. The van der Waals surface area contributed by atoms with Crippen molar-refractivity contribution in [3.8, 4) is 0 Å². The fourth-order valence-electron chi connectivity index (χ4n) is 3.47. The number of amides is 2. The first-order valence-electron chi connectivity index (χ1n) is 8.70. The van der Waals surface area contributed by atoms with E-state index in [1.165, 1.54) is 0 Å². The lowest BCUT2D eigenvalue weighted by Gasteiger charge is -2.38. The Morgan fingerprint density at radius 2 is 1.78 bits per heavy atom. The molecule has 4 N–H and O–H groups in total. The lowest BCUT2D eigenvalue weighted by atomic mass is 9.91. The van der Waals surface area contributed by atoms with Crippen molar-refractivity contribution in [1.29, 1.82) is 0 Å². The Labute approximate surface area is 171 Å². The van der Waals surface area contributed by atoms with Crippen molar-refractivity contribution < 1.29 is 14.3 Å². The smallest absolute Gasteiger partial charge is 0.252 e. The van der Waals surface area contributed by atoms with Crippen LogP contribution in [0, 0.1) is 5.92 Å². The van der Waals surface area contributed by atoms with Gasteiger partial charge in [0.2, 0.25) is 5.91 Å². The van der Waals surface area contributed by atoms with Gasteiger partial charge in [-0.3, -0.25) is 9.59 Å². The van der Waals surface area contributed by atoms with Gasteiger partial charge >= 0.3 is 0 Å². The fraction of sp³-hybridized carbons (Fsp3) is 0.588. The van der Waals surface area contributed by atoms with Crippen molar-refractivity contribution in [2.75, 3.05) is 44.3 Å². The summed E-state index contributed by atoms with van der Waals surface area (Å²) in [5, 5.41) is 0. The molecule has 2 aliphatic heterocycles. The number of ether oxygens (including phenoxy) is 1. The molecule has 2 aliphatic rings. The van der Waals surface area contributed by atoms with Gasteiger partial charge in [-0.1, -0.05) is 0 Å². The van der Waals surface area contributed by atoms with Crippen molar-refractivity contribution in [3.63, 3.8) is 0 Å². The van der Waals surface area contributed by atoms with Crippen LogP contribution in [-0.2, 0) is 9.53 Å². The summed E-state index contributed by atoms with van der Waals surface area (Å²) in [5.41, 5.74) is 12.0. The Morgan fingerprint density at radius 3 is 2.37 bits per heavy atom. The lowest BCUT2D eigenvalue weighted by molar-refractivity contribution is -0.135. The molecular formula is C17H27Cl2N5O3. The van der Waals surface area contributed by atoms with E-state index in [1.54, 1.807) is 18.3 Å². The summed E-state index contributed by atoms with van der Waals surface area (Å²) < 4.78 is 5.34. The highest BCUT2D eigenvalue weighted by molar-refractivity contribution is 5.97. The predicted octanol–water partition coefficient (Wildman–Crippen LogP) is 0.427. The molecule has 0 radical (unpaired) electrons. The molecule has 1 atom stereocenters. The van der Waals surface area contributed by atoms with Crippen LogP contribution < -0.4 is 16.4 Å². The summed E-state index contributed by atoms with van der Waals surface area (Å²) in [5.74, 6) is 0.276. The summed E-state index contributed by atoms with van der Waals surface area (Å²) in [6, 6.07) is 2.89. The minimum Gasteiger partial charge on any atom is -0.381 e. The molecule has 0 spiro atoms. The molecule has 3 rings (SSSR count). The second-order valence-corrected chi connectivity index (χ2v) is 6.53. The molecule has 0 aliphatic carbocycles. The number of carbonyl (C=O) groups is 2. The number of carbonyl (C=O) groups excluding carboxylic acids is 2. The molecule has 1 aromatic heterocycles. The van der Waals surface area contributed by atoms with Crippen LogP contribution in [0.2, 0.25) is 0 Å². The molecule has 10 heteroatoms. The minimum absolute atomic E-state index is 0. The van der Waals surface area contributed by atoms with E-state index < -0.39 is 11.9 Å². The number of pyridine rings is 1. The second kappa shape index (κ2) is 10.7. The SMILES string of the molecule is Cl.Cl.NC(=O)c1cccnc1N1CCN(C(=O)C(N)C2CCOCC2)CC1. The first-order valence-corrected chi connectivity index (χ1v) is 8.70. The van der Waals surface area contributed by atoms with E-state index in [0.717, 1.165) is 12.8 Å². The molecule has 2 amide bonds. The monoisotopic (exact) mass is 419 g/mol. The average molecular weight is 420 g/mol. The molecule has 8 nitrogen and oxygen atoms in total. The molecular weight excluding hydrogens is 393 g/mol. The predicted molar refractivity (Wildman–Crippen MR) is 108 cm³/mol. The second-order valence-electron chi connectivity index (χ2n) is 6.53. The zero-order valence-corrected chi connectivity index (χ0v) is 16.7. The van der Waals surface area contributed by atoms with Crippen molar-refractivity contribution in [1.82, 2.24) is 9.88 Å². The van der Waals surface area contributed by atoms with Crippen LogP contribution in [0.3, 0.4) is 0 Å². The van der Waals surface area contributed by atoms with Gasteiger partial charge in [0.15, 0.2) is 0 Å². The van der Waals surface area contributed by atoms with E-state index in [2.05, 4.69) is 4.98 Å². The van der Waals surface area contributed by atoms with Gasteiger partial charge in [-0.05, 0) is 30.9 Å². The zero-order valence-electron chi connectivity index (χ0n) is 15.1. The van der Waals surface area contributed by atoms with Crippen LogP contribution in [0.1, 0.15) is 23.2 Å².